The minimum absolute atomic E-state index is 0.207. The van der Waals surface area contributed by atoms with Crippen LogP contribution >= 0.6 is 12.2 Å². The predicted molar refractivity (Wildman–Crippen MR) is 101 cm³/mol. The molecule has 0 atom stereocenters. The Hall–Kier alpha value is -2.80. The first-order valence-electron chi connectivity index (χ1n) is 7.62. The van der Waals surface area contributed by atoms with E-state index in [0.29, 0.717) is 28.8 Å². The van der Waals surface area contributed by atoms with E-state index in [0.717, 1.165) is 12.0 Å². The van der Waals surface area contributed by atoms with Gasteiger partial charge in [0.2, 0.25) is 0 Å². The Labute approximate surface area is 151 Å². The van der Waals surface area contributed by atoms with Gasteiger partial charge in [0.15, 0.2) is 16.6 Å². The highest BCUT2D eigenvalue weighted by molar-refractivity contribution is 7.80. The van der Waals surface area contributed by atoms with Crippen molar-refractivity contribution in [2.24, 2.45) is 0 Å². The van der Waals surface area contributed by atoms with E-state index in [9.17, 15) is 4.79 Å². The summed E-state index contributed by atoms with van der Waals surface area (Å²) in [6, 6.07) is 12.2. The van der Waals surface area contributed by atoms with E-state index in [1.165, 1.54) is 12.1 Å². The van der Waals surface area contributed by atoms with Gasteiger partial charge in [-0.15, -0.1) is 0 Å². The summed E-state index contributed by atoms with van der Waals surface area (Å²) in [6.45, 7) is 0.625. The van der Waals surface area contributed by atoms with Gasteiger partial charge in [0, 0.05) is 12.2 Å². The molecule has 0 heterocycles. The maximum absolute atomic E-state index is 11.0. The van der Waals surface area contributed by atoms with E-state index >= 15 is 0 Å². The SMILES string of the molecule is COc1ccc(CCNC(=S)Nc2cccc(C(=O)O)c2)cc1OC. The number of carbonyl (C=O) groups is 1. The molecule has 7 heteroatoms. The van der Waals surface area contributed by atoms with Crippen LogP contribution in [0.4, 0.5) is 5.69 Å². The quantitative estimate of drug-likeness (QED) is 0.655. The van der Waals surface area contributed by atoms with Crippen molar-refractivity contribution in [1.29, 1.82) is 0 Å². The minimum atomic E-state index is -0.976. The Kier molecular flexibility index (Phi) is 6.59. The van der Waals surface area contributed by atoms with Crippen molar-refractivity contribution in [2.75, 3.05) is 26.1 Å². The molecule has 3 N–H and O–H groups in total. The largest absolute Gasteiger partial charge is 0.493 e. The number of rotatable bonds is 7. The van der Waals surface area contributed by atoms with Gasteiger partial charge >= 0.3 is 5.97 Å². The van der Waals surface area contributed by atoms with Gasteiger partial charge < -0.3 is 25.2 Å². The highest BCUT2D eigenvalue weighted by Gasteiger charge is 2.06. The number of aromatic carboxylic acids is 1. The maximum Gasteiger partial charge on any atom is 0.335 e. The van der Waals surface area contributed by atoms with E-state index in [2.05, 4.69) is 10.6 Å². The van der Waals surface area contributed by atoms with Gasteiger partial charge in [-0.05, 0) is 54.5 Å². The molecule has 0 saturated heterocycles. The fourth-order valence-corrected chi connectivity index (χ4v) is 2.48. The summed E-state index contributed by atoms with van der Waals surface area (Å²) in [5.41, 5.74) is 1.92. The topological polar surface area (TPSA) is 79.8 Å². The fourth-order valence-electron chi connectivity index (χ4n) is 2.26. The molecule has 6 nitrogen and oxygen atoms in total. The van der Waals surface area contributed by atoms with Crippen LogP contribution in [0.1, 0.15) is 15.9 Å². The number of carboxylic acid groups (broad SMARTS) is 1. The van der Waals surface area contributed by atoms with Gasteiger partial charge in [-0.3, -0.25) is 0 Å². The number of thiocarbonyl (C=S) groups is 1. The zero-order valence-electron chi connectivity index (χ0n) is 14.0. The van der Waals surface area contributed by atoms with Crippen LogP contribution in [0, 0.1) is 0 Å². The molecule has 0 saturated carbocycles. The molecule has 0 spiro atoms. The average molecular weight is 360 g/mol. The number of benzene rings is 2. The molecular formula is C18H20N2O4S. The third-order valence-corrected chi connectivity index (χ3v) is 3.76. The number of anilines is 1. The monoisotopic (exact) mass is 360 g/mol. The van der Waals surface area contributed by atoms with Crippen molar-refractivity contribution < 1.29 is 19.4 Å². The molecule has 2 rings (SSSR count). The molecular weight excluding hydrogens is 340 g/mol. The molecule has 0 bridgehead atoms. The van der Waals surface area contributed by atoms with Crippen LogP contribution in [-0.4, -0.2) is 37.0 Å². The van der Waals surface area contributed by atoms with Crippen LogP contribution in [0.3, 0.4) is 0 Å². The standard InChI is InChI=1S/C18H20N2O4S/c1-23-15-7-6-12(10-16(15)24-2)8-9-19-18(25)20-14-5-3-4-13(11-14)17(21)22/h3-7,10-11H,8-9H2,1-2H3,(H,21,22)(H2,19,20,25). The summed E-state index contributed by atoms with van der Waals surface area (Å²) in [5.74, 6) is 0.400. The first-order valence-corrected chi connectivity index (χ1v) is 8.03. The Morgan fingerprint density at radius 3 is 2.56 bits per heavy atom. The molecule has 0 aliphatic rings. The lowest BCUT2D eigenvalue weighted by atomic mass is 10.1. The van der Waals surface area contributed by atoms with Gasteiger partial charge in [-0.1, -0.05) is 12.1 Å². The molecule has 2 aromatic carbocycles. The molecule has 2 aromatic rings. The molecule has 0 fully saturated rings. The molecule has 0 radical (unpaired) electrons. The molecule has 0 aliphatic carbocycles. The molecule has 0 unspecified atom stereocenters. The first-order chi connectivity index (χ1) is 12.0. The minimum Gasteiger partial charge on any atom is -0.493 e. The number of methoxy groups -OCH3 is 2. The van der Waals surface area contributed by atoms with E-state index in [1.54, 1.807) is 26.4 Å². The van der Waals surface area contributed by atoms with Crippen LogP contribution in [0.15, 0.2) is 42.5 Å². The highest BCUT2D eigenvalue weighted by atomic mass is 32.1. The van der Waals surface area contributed by atoms with Gasteiger partial charge in [0.25, 0.3) is 0 Å². The van der Waals surface area contributed by atoms with Crippen LogP contribution in [0.2, 0.25) is 0 Å². The van der Waals surface area contributed by atoms with Crippen molar-refractivity contribution in [3.63, 3.8) is 0 Å². The normalized spacial score (nSPS) is 10.0. The van der Waals surface area contributed by atoms with Gasteiger partial charge in [-0.25, -0.2) is 4.79 Å². The van der Waals surface area contributed by atoms with Crippen molar-refractivity contribution in [1.82, 2.24) is 5.32 Å². The number of ether oxygens (including phenoxy) is 2. The highest BCUT2D eigenvalue weighted by Crippen LogP contribution is 2.27. The van der Waals surface area contributed by atoms with E-state index < -0.39 is 5.97 Å². The molecule has 25 heavy (non-hydrogen) atoms. The summed E-state index contributed by atoms with van der Waals surface area (Å²) in [5, 5.41) is 15.5. The number of carboxylic acids is 1. The lowest BCUT2D eigenvalue weighted by molar-refractivity contribution is 0.0697. The first kappa shape index (κ1) is 18.5. The van der Waals surface area contributed by atoms with Gasteiger partial charge in [0.1, 0.15) is 0 Å². The molecule has 0 amide bonds. The van der Waals surface area contributed by atoms with Crippen molar-refractivity contribution in [2.45, 2.75) is 6.42 Å². The maximum atomic E-state index is 11.0. The zero-order chi connectivity index (χ0) is 18.2. The average Bonchev–Trinajstić information content (AvgIpc) is 2.61. The lowest BCUT2D eigenvalue weighted by Gasteiger charge is -2.12. The molecule has 0 aromatic heterocycles. The van der Waals surface area contributed by atoms with Gasteiger partial charge in [0.05, 0.1) is 19.8 Å². The fraction of sp³-hybridized carbons (Fsp3) is 0.222. The summed E-state index contributed by atoms with van der Waals surface area (Å²) in [6.07, 6.45) is 0.747. The Bertz CT molecular complexity index is 764. The smallest absolute Gasteiger partial charge is 0.335 e. The summed E-state index contributed by atoms with van der Waals surface area (Å²) in [7, 11) is 3.20. The zero-order valence-corrected chi connectivity index (χ0v) is 14.9. The number of hydrogen-bond donors (Lipinski definition) is 3. The second kappa shape index (κ2) is 8.89. The van der Waals surface area contributed by atoms with E-state index in [1.807, 2.05) is 18.2 Å². The number of hydrogen-bond acceptors (Lipinski definition) is 4. The lowest BCUT2D eigenvalue weighted by Crippen LogP contribution is -2.30. The third-order valence-electron chi connectivity index (χ3n) is 3.51. The van der Waals surface area contributed by atoms with E-state index in [4.69, 9.17) is 26.8 Å². The Morgan fingerprint density at radius 2 is 1.88 bits per heavy atom. The van der Waals surface area contributed by atoms with Crippen LogP contribution in [0.25, 0.3) is 0 Å². The van der Waals surface area contributed by atoms with Crippen LogP contribution in [0.5, 0.6) is 11.5 Å². The summed E-state index contributed by atoms with van der Waals surface area (Å²) >= 11 is 5.23. The Morgan fingerprint density at radius 1 is 1.12 bits per heavy atom. The van der Waals surface area contributed by atoms with Gasteiger partial charge in [-0.2, -0.15) is 0 Å². The second-order valence-electron chi connectivity index (χ2n) is 5.21. The molecule has 132 valence electrons. The Balaban J connectivity index is 1.86. The van der Waals surface area contributed by atoms with Crippen molar-refractivity contribution in [3.8, 4) is 11.5 Å². The van der Waals surface area contributed by atoms with Crippen LogP contribution < -0.4 is 20.1 Å². The predicted octanol–water partition coefficient (Wildman–Crippen LogP) is 2.93. The summed E-state index contributed by atoms with van der Waals surface area (Å²) < 4.78 is 10.5. The molecule has 0 aliphatic heterocycles. The van der Waals surface area contributed by atoms with Crippen LogP contribution in [-0.2, 0) is 6.42 Å². The van der Waals surface area contributed by atoms with Crippen molar-refractivity contribution in [3.05, 3.63) is 53.6 Å². The summed E-state index contributed by atoms with van der Waals surface area (Å²) in [4.78, 5) is 11.0. The number of nitrogens with one attached hydrogen (secondary N) is 2. The third kappa shape index (κ3) is 5.36. The van der Waals surface area contributed by atoms with Crippen molar-refractivity contribution >= 4 is 29.0 Å². The van der Waals surface area contributed by atoms with E-state index in [-0.39, 0.29) is 5.56 Å². The second-order valence-corrected chi connectivity index (χ2v) is 5.61.